The maximum atomic E-state index is 12.1. The van der Waals surface area contributed by atoms with Gasteiger partial charge in [-0.05, 0) is 62.2 Å². The molecule has 1 aromatic heterocycles. The SMILES string of the molecule is Cc1cccc(-n2c(C)cc(/C=N/NC(=O)Cc3ccc(Br)cc3)c2C)c1. The van der Waals surface area contributed by atoms with Gasteiger partial charge in [0.1, 0.15) is 0 Å². The van der Waals surface area contributed by atoms with Crippen LogP contribution in [0.5, 0.6) is 0 Å². The lowest BCUT2D eigenvalue weighted by Crippen LogP contribution is -2.19. The Bertz CT molecular complexity index is 987. The number of hydrazone groups is 1. The number of hydrogen-bond acceptors (Lipinski definition) is 2. The first-order chi connectivity index (χ1) is 12.9. The second-order valence-electron chi connectivity index (χ2n) is 6.60. The molecule has 1 heterocycles. The fourth-order valence-corrected chi connectivity index (χ4v) is 3.35. The molecule has 0 aliphatic heterocycles. The Kier molecular flexibility index (Phi) is 5.91. The van der Waals surface area contributed by atoms with E-state index in [0.717, 1.165) is 32.7 Å². The van der Waals surface area contributed by atoms with Gasteiger partial charge in [0.15, 0.2) is 0 Å². The van der Waals surface area contributed by atoms with Crippen LogP contribution in [-0.4, -0.2) is 16.7 Å². The largest absolute Gasteiger partial charge is 0.318 e. The van der Waals surface area contributed by atoms with E-state index in [1.807, 2.05) is 24.3 Å². The summed E-state index contributed by atoms with van der Waals surface area (Å²) in [5.74, 6) is -0.138. The average Bonchev–Trinajstić information content (AvgIpc) is 2.91. The summed E-state index contributed by atoms with van der Waals surface area (Å²) in [6, 6.07) is 18.1. The maximum Gasteiger partial charge on any atom is 0.244 e. The molecular weight excluding hydrogens is 402 g/mol. The van der Waals surface area contributed by atoms with E-state index >= 15 is 0 Å². The standard InChI is InChI=1S/C22H22BrN3O/c1-15-5-4-6-21(11-15)26-16(2)12-19(17(26)3)14-24-25-22(27)13-18-7-9-20(23)10-8-18/h4-12,14H,13H2,1-3H3,(H,25,27)/b24-14+. The number of carbonyl (C=O) groups excluding carboxylic acids is 1. The fourth-order valence-electron chi connectivity index (χ4n) is 3.08. The molecule has 1 amide bonds. The third-order valence-corrected chi connectivity index (χ3v) is 4.93. The quantitative estimate of drug-likeness (QED) is 0.462. The van der Waals surface area contributed by atoms with Gasteiger partial charge in [0.05, 0.1) is 12.6 Å². The van der Waals surface area contributed by atoms with Crippen molar-refractivity contribution in [3.63, 3.8) is 0 Å². The number of carbonyl (C=O) groups is 1. The molecule has 0 saturated heterocycles. The van der Waals surface area contributed by atoms with Gasteiger partial charge in [-0.3, -0.25) is 4.79 Å². The van der Waals surface area contributed by atoms with Crippen LogP contribution in [-0.2, 0) is 11.2 Å². The first kappa shape index (κ1) is 19.1. The molecule has 0 unspecified atom stereocenters. The number of aryl methyl sites for hydroxylation is 2. The summed E-state index contributed by atoms with van der Waals surface area (Å²) in [5.41, 5.74) is 9.10. The van der Waals surface area contributed by atoms with Crippen LogP contribution in [0.15, 0.2) is 64.2 Å². The number of benzene rings is 2. The summed E-state index contributed by atoms with van der Waals surface area (Å²) in [6.07, 6.45) is 2.00. The molecule has 2 aromatic carbocycles. The van der Waals surface area contributed by atoms with Crippen molar-refractivity contribution in [3.05, 3.63) is 87.1 Å². The Morgan fingerprint density at radius 1 is 1.11 bits per heavy atom. The van der Waals surface area contributed by atoms with E-state index in [4.69, 9.17) is 0 Å². The third-order valence-electron chi connectivity index (χ3n) is 4.40. The molecular formula is C22H22BrN3O. The van der Waals surface area contributed by atoms with Gasteiger partial charge in [-0.1, -0.05) is 40.2 Å². The smallest absolute Gasteiger partial charge is 0.244 e. The van der Waals surface area contributed by atoms with E-state index in [-0.39, 0.29) is 5.91 Å². The Morgan fingerprint density at radius 2 is 1.85 bits per heavy atom. The predicted octanol–water partition coefficient (Wildman–Crippen LogP) is 4.86. The van der Waals surface area contributed by atoms with E-state index in [2.05, 4.69) is 82.1 Å². The number of nitrogens with zero attached hydrogens (tertiary/aromatic N) is 2. The van der Waals surface area contributed by atoms with Crippen molar-refractivity contribution in [1.82, 2.24) is 9.99 Å². The van der Waals surface area contributed by atoms with E-state index < -0.39 is 0 Å². The van der Waals surface area contributed by atoms with Gasteiger partial charge in [-0.25, -0.2) is 5.43 Å². The lowest BCUT2D eigenvalue weighted by atomic mass is 10.1. The summed E-state index contributed by atoms with van der Waals surface area (Å²) in [7, 11) is 0. The number of rotatable bonds is 5. The summed E-state index contributed by atoms with van der Waals surface area (Å²) in [5, 5.41) is 4.13. The van der Waals surface area contributed by atoms with Gasteiger partial charge >= 0.3 is 0 Å². The molecule has 0 radical (unpaired) electrons. The summed E-state index contributed by atoms with van der Waals surface area (Å²) in [4.78, 5) is 12.1. The van der Waals surface area contributed by atoms with Crippen molar-refractivity contribution in [2.45, 2.75) is 27.2 Å². The summed E-state index contributed by atoms with van der Waals surface area (Å²) in [6.45, 7) is 6.21. The topological polar surface area (TPSA) is 46.4 Å². The van der Waals surface area contributed by atoms with Crippen LogP contribution in [0.3, 0.4) is 0 Å². The van der Waals surface area contributed by atoms with E-state index in [1.54, 1.807) is 6.21 Å². The van der Waals surface area contributed by atoms with Crippen molar-refractivity contribution in [2.75, 3.05) is 0 Å². The van der Waals surface area contributed by atoms with Crippen LogP contribution < -0.4 is 5.43 Å². The van der Waals surface area contributed by atoms with Crippen LogP contribution in [0.4, 0.5) is 0 Å². The Balaban J connectivity index is 1.69. The number of hydrogen-bond donors (Lipinski definition) is 1. The van der Waals surface area contributed by atoms with E-state index in [0.29, 0.717) is 6.42 Å². The van der Waals surface area contributed by atoms with Crippen LogP contribution >= 0.6 is 15.9 Å². The van der Waals surface area contributed by atoms with Crippen LogP contribution in [0, 0.1) is 20.8 Å². The Labute approximate surface area is 168 Å². The minimum Gasteiger partial charge on any atom is -0.318 e. The van der Waals surface area contributed by atoms with Crippen LogP contribution in [0.2, 0.25) is 0 Å². The predicted molar refractivity (Wildman–Crippen MR) is 114 cm³/mol. The molecule has 0 spiro atoms. The van der Waals surface area contributed by atoms with E-state index in [1.165, 1.54) is 5.56 Å². The number of nitrogens with one attached hydrogen (secondary N) is 1. The molecule has 27 heavy (non-hydrogen) atoms. The second kappa shape index (κ2) is 8.35. The first-order valence-corrected chi connectivity index (χ1v) is 9.55. The fraction of sp³-hybridized carbons (Fsp3) is 0.182. The number of aromatic nitrogens is 1. The minimum atomic E-state index is -0.138. The second-order valence-corrected chi connectivity index (χ2v) is 7.51. The number of halogens is 1. The molecule has 0 fully saturated rings. The van der Waals surface area contributed by atoms with Gasteiger partial charge in [-0.15, -0.1) is 0 Å². The zero-order valence-electron chi connectivity index (χ0n) is 15.7. The maximum absolute atomic E-state index is 12.1. The molecule has 0 aliphatic rings. The van der Waals surface area contributed by atoms with Gasteiger partial charge in [-0.2, -0.15) is 5.10 Å². The zero-order chi connectivity index (χ0) is 19.4. The van der Waals surface area contributed by atoms with Crippen molar-refractivity contribution < 1.29 is 4.79 Å². The van der Waals surface area contributed by atoms with Crippen LogP contribution in [0.25, 0.3) is 5.69 Å². The number of amides is 1. The normalized spacial score (nSPS) is 11.1. The van der Waals surface area contributed by atoms with E-state index in [9.17, 15) is 4.79 Å². The highest BCUT2D eigenvalue weighted by Crippen LogP contribution is 2.20. The zero-order valence-corrected chi connectivity index (χ0v) is 17.2. The molecule has 0 atom stereocenters. The summed E-state index contributed by atoms with van der Waals surface area (Å²) >= 11 is 3.39. The van der Waals surface area contributed by atoms with Crippen molar-refractivity contribution >= 4 is 28.1 Å². The molecule has 3 rings (SSSR count). The van der Waals surface area contributed by atoms with Crippen molar-refractivity contribution in [3.8, 4) is 5.69 Å². The highest BCUT2D eigenvalue weighted by molar-refractivity contribution is 9.10. The lowest BCUT2D eigenvalue weighted by Gasteiger charge is -2.10. The van der Waals surface area contributed by atoms with Gasteiger partial charge < -0.3 is 4.57 Å². The molecule has 1 N–H and O–H groups in total. The monoisotopic (exact) mass is 423 g/mol. The van der Waals surface area contributed by atoms with Gasteiger partial charge in [0.2, 0.25) is 5.91 Å². The highest BCUT2D eigenvalue weighted by atomic mass is 79.9. The van der Waals surface area contributed by atoms with Gasteiger partial charge in [0.25, 0.3) is 0 Å². The molecule has 0 aliphatic carbocycles. The molecule has 5 heteroatoms. The molecule has 138 valence electrons. The van der Waals surface area contributed by atoms with Gasteiger partial charge in [0, 0.05) is 27.1 Å². The minimum absolute atomic E-state index is 0.138. The van der Waals surface area contributed by atoms with Crippen molar-refractivity contribution in [2.24, 2.45) is 5.10 Å². The molecule has 0 bridgehead atoms. The Morgan fingerprint density at radius 3 is 2.56 bits per heavy atom. The van der Waals surface area contributed by atoms with Crippen LogP contribution in [0.1, 0.15) is 28.1 Å². The molecule has 4 nitrogen and oxygen atoms in total. The lowest BCUT2D eigenvalue weighted by molar-refractivity contribution is -0.120. The molecule has 0 saturated carbocycles. The molecule has 3 aromatic rings. The Hall–Kier alpha value is -2.66. The van der Waals surface area contributed by atoms with Crippen molar-refractivity contribution in [1.29, 1.82) is 0 Å². The third kappa shape index (κ3) is 4.74. The first-order valence-electron chi connectivity index (χ1n) is 8.76. The average molecular weight is 424 g/mol. The highest BCUT2D eigenvalue weighted by Gasteiger charge is 2.09. The summed E-state index contributed by atoms with van der Waals surface area (Å²) < 4.78 is 3.19.